The predicted octanol–water partition coefficient (Wildman–Crippen LogP) is 6.69. The highest BCUT2D eigenvalue weighted by molar-refractivity contribution is 5.93. The van der Waals surface area contributed by atoms with Crippen LogP contribution in [0, 0.1) is 13.8 Å². The maximum Gasteiger partial charge on any atom is 0.320 e. The topological polar surface area (TPSA) is 80.7 Å². The van der Waals surface area contributed by atoms with Gasteiger partial charge in [-0.15, -0.1) is 0 Å². The fraction of sp³-hybridized carbons (Fsp3) is 0.229. The molecular weight excluding hydrogens is 510 g/mol. The molecular formula is C35H37N3O3. The first-order valence-corrected chi connectivity index (χ1v) is 14.0. The van der Waals surface area contributed by atoms with E-state index in [9.17, 15) is 9.90 Å². The number of nitrogens with two attached hydrogens (primary N) is 1. The third kappa shape index (κ3) is 6.97. The van der Waals surface area contributed by atoms with Gasteiger partial charge in [-0.2, -0.15) is 0 Å². The molecule has 0 saturated carbocycles. The average Bonchev–Trinajstić information content (AvgIpc) is 3.32. The van der Waals surface area contributed by atoms with Gasteiger partial charge in [0.2, 0.25) is 0 Å². The van der Waals surface area contributed by atoms with Crippen LogP contribution in [0.15, 0.2) is 103 Å². The van der Waals surface area contributed by atoms with E-state index in [4.69, 9.17) is 10.5 Å². The Morgan fingerprint density at radius 2 is 1.59 bits per heavy atom. The van der Waals surface area contributed by atoms with Gasteiger partial charge in [0, 0.05) is 36.8 Å². The summed E-state index contributed by atoms with van der Waals surface area (Å²) in [4.78, 5) is 13.8. The molecule has 1 atom stereocenters. The van der Waals surface area contributed by atoms with Gasteiger partial charge in [-0.25, -0.2) is 0 Å². The van der Waals surface area contributed by atoms with Crippen LogP contribution in [-0.4, -0.2) is 28.2 Å². The molecule has 0 unspecified atom stereocenters. The lowest BCUT2D eigenvalue weighted by molar-refractivity contribution is -0.138. The van der Waals surface area contributed by atoms with Gasteiger partial charge in [0.1, 0.15) is 18.4 Å². The summed E-state index contributed by atoms with van der Waals surface area (Å²) < 4.78 is 8.58. The fourth-order valence-electron chi connectivity index (χ4n) is 5.26. The molecule has 0 saturated heterocycles. The molecule has 3 N–H and O–H groups in total. The second kappa shape index (κ2) is 12.7. The van der Waals surface area contributed by atoms with Crippen LogP contribution in [0.5, 0.6) is 5.75 Å². The number of benzene rings is 4. The van der Waals surface area contributed by atoms with Crippen LogP contribution >= 0.6 is 0 Å². The number of fused-ring (bicyclic) bond motifs is 1. The summed E-state index contributed by atoms with van der Waals surface area (Å²) in [5, 5.41) is 10.6. The number of hydrogen-bond acceptors (Lipinski definition) is 4. The van der Waals surface area contributed by atoms with E-state index in [-0.39, 0.29) is 0 Å². The minimum atomic E-state index is -0.992. The van der Waals surface area contributed by atoms with Crippen molar-refractivity contribution in [1.29, 1.82) is 0 Å². The third-order valence-electron chi connectivity index (χ3n) is 7.38. The maximum atomic E-state index is 11.6. The van der Waals surface area contributed by atoms with Crippen LogP contribution in [0.1, 0.15) is 34.2 Å². The fourth-order valence-corrected chi connectivity index (χ4v) is 5.26. The molecule has 6 nitrogen and oxygen atoms in total. The lowest BCUT2D eigenvalue weighted by atomic mass is 10.1. The van der Waals surface area contributed by atoms with Crippen molar-refractivity contribution in [3.8, 4) is 5.75 Å². The van der Waals surface area contributed by atoms with E-state index in [2.05, 4.69) is 96.2 Å². The lowest BCUT2D eigenvalue weighted by Gasteiger charge is -2.26. The Morgan fingerprint density at radius 3 is 2.34 bits per heavy atom. The van der Waals surface area contributed by atoms with Crippen LogP contribution in [0.25, 0.3) is 10.9 Å². The van der Waals surface area contributed by atoms with Crippen molar-refractivity contribution in [3.05, 3.63) is 131 Å². The standard InChI is InChI=1S/C35H37N3O3/c1-25-9-7-11-27(19-25)21-38-23-33(30-14-4-5-15-32(30)38)37(18-17-31(36)35(39)40)22-29-13-3-6-16-34(29)41-24-28-12-8-10-26(2)20-28/h3-16,19-20,23,31H,17-18,21-22,24,36H2,1-2H3,(H,39,40)/t31-/m0/s1. The number of carboxylic acids is 1. The zero-order valence-electron chi connectivity index (χ0n) is 23.7. The Morgan fingerprint density at radius 1 is 0.902 bits per heavy atom. The number of rotatable bonds is 12. The molecule has 1 aromatic heterocycles. The number of para-hydroxylation sites is 2. The van der Waals surface area contributed by atoms with Gasteiger partial charge in [0.15, 0.2) is 0 Å². The summed E-state index contributed by atoms with van der Waals surface area (Å²) >= 11 is 0. The summed E-state index contributed by atoms with van der Waals surface area (Å²) in [5.41, 5.74) is 13.9. The number of ether oxygens (including phenoxy) is 1. The molecule has 0 aliphatic heterocycles. The third-order valence-corrected chi connectivity index (χ3v) is 7.38. The van der Waals surface area contributed by atoms with E-state index in [0.29, 0.717) is 26.1 Å². The van der Waals surface area contributed by atoms with Crippen molar-refractivity contribution in [3.63, 3.8) is 0 Å². The van der Waals surface area contributed by atoms with Crippen LogP contribution in [-0.2, 0) is 24.5 Å². The molecule has 0 radical (unpaired) electrons. The van der Waals surface area contributed by atoms with Crippen molar-refractivity contribution in [2.24, 2.45) is 5.73 Å². The molecule has 1 heterocycles. The molecule has 0 amide bonds. The lowest BCUT2D eigenvalue weighted by Crippen LogP contribution is -2.35. The van der Waals surface area contributed by atoms with Gasteiger partial charge in [-0.3, -0.25) is 4.79 Å². The van der Waals surface area contributed by atoms with Crippen molar-refractivity contribution in [1.82, 2.24) is 4.57 Å². The molecule has 0 bridgehead atoms. The molecule has 0 spiro atoms. The summed E-state index contributed by atoms with van der Waals surface area (Å²) in [6.45, 7) is 6.42. The second-order valence-electron chi connectivity index (χ2n) is 10.7. The van der Waals surface area contributed by atoms with Crippen LogP contribution in [0.2, 0.25) is 0 Å². The highest BCUT2D eigenvalue weighted by Crippen LogP contribution is 2.33. The Kier molecular flexibility index (Phi) is 8.70. The largest absolute Gasteiger partial charge is 0.489 e. The normalized spacial score (nSPS) is 11.9. The number of carboxylic acid groups (broad SMARTS) is 1. The van der Waals surface area contributed by atoms with Crippen molar-refractivity contribution >= 4 is 22.6 Å². The van der Waals surface area contributed by atoms with E-state index >= 15 is 0 Å². The summed E-state index contributed by atoms with van der Waals surface area (Å²) in [6, 6.07) is 32.3. The van der Waals surface area contributed by atoms with E-state index in [1.54, 1.807) is 0 Å². The van der Waals surface area contributed by atoms with Crippen LogP contribution < -0.4 is 15.4 Å². The van der Waals surface area contributed by atoms with Crippen LogP contribution in [0.4, 0.5) is 5.69 Å². The van der Waals surface area contributed by atoms with Gasteiger partial charge in [-0.1, -0.05) is 96.1 Å². The highest BCUT2D eigenvalue weighted by Gasteiger charge is 2.20. The monoisotopic (exact) mass is 547 g/mol. The smallest absolute Gasteiger partial charge is 0.320 e. The molecule has 0 aliphatic rings. The van der Waals surface area contributed by atoms with E-state index in [1.807, 2.05) is 30.3 Å². The van der Waals surface area contributed by atoms with Crippen molar-refractivity contribution in [2.45, 2.75) is 46.0 Å². The summed E-state index contributed by atoms with van der Waals surface area (Å²) in [5.74, 6) is -0.182. The Hall–Kier alpha value is -4.55. The molecule has 6 heteroatoms. The van der Waals surface area contributed by atoms with Gasteiger partial charge in [-0.05, 0) is 43.5 Å². The SMILES string of the molecule is Cc1cccc(COc2ccccc2CN(CC[C@H](N)C(=O)O)c2cn(Cc3cccc(C)c3)c3ccccc23)c1. The van der Waals surface area contributed by atoms with Gasteiger partial charge < -0.3 is 25.0 Å². The zero-order chi connectivity index (χ0) is 28.8. The Balaban J connectivity index is 1.48. The van der Waals surface area contributed by atoms with E-state index in [0.717, 1.165) is 40.0 Å². The molecule has 0 aliphatic carbocycles. The predicted molar refractivity (Wildman–Crippen MR) is 165 cm³/mol. The average molecular weight is 548 g/mol. The molecule has 41 heavy (non-hydrogen) atoms. The number of carbonyl (C=O) groups is 1. The highest BCUT2D eigenvalue weighted by atomic mass is 16.5. The first kappa shape index (κ1) is 28.0. The first-order chi connectivity index (χ1) is 19.9. The number of aromatic nitrogens is 1. The van der Waals surface area contributed by atoms with Crippen molar-refractivity contribution in [2.75, 3.05) is 11.4 Å². The molecule has 210 valence electrons. The molecule has 0 fully saturated rings. The van der Waals surface area contributed by atoms with Crippen LogP contribution in [0.3, 0.4) is 0 Å². The number of aliphatic carboxylic acids is 1. The van der Waals surface area contributed by atoms with Crippen molar-refractivity contribution < 1.29 is 14.6 Å². The molecule has 5 aromatic rings. The van der Waals surface area contributed by atoms with E-state index in [1.165, 1.54) is 16.7 Å². The summed E-state index contributed by atoms with van der Waals surface area (Å²) in [7, 11) is 0. The van der Waals surface area contributed by atoms with Gasteiger partial charge in [0.05, 0.1) is 11.2 Å². The maximum absolute atomic E-state index is 11.6. The number of anilines is 1. The minimum Gasteiger partial charge on any atom is -0.489 e. The summed E-state index contributed by atoms with van der Waals surface area (Å²) in [6.07, 6.45) is 2.49. The number of aryl methyl sites for hydroxylation is 2. The molecule has 5 rings (SSSR count). The second-order valence-corrected chi connectivity index (χ2v) is 10.7. The van der Waals surface area contributed by atoms with Gasteiger partial charge >= 0.3 is 5.97 Å². The number of nitrogens with zero attached hydrogens (tertiary/aromatic N) is 2. The van der Waals surface area contributed by atoms with E-state index < -0.39 is 12.0 Å². The van der Waals surface area contributed by atoms with Gasteiger partial charge in [0.25, 0.3) is 0 Å². The first-order valence-electron chi connectivity index (χ1n) is 14.0. The Labute approximate surface area is 241 Å². The molecule has 4 aromatic carbocycles. The minimum absolute atomic E-state index is 0.318. The Bertz CT molecular complexity index is 1640. The number of hydrogen-bond donors (Lipinski definition) is 2. The quantitative estimate of drug-likeness (QED) is 0.182. The zero-order valence-corrected chi connectivity index (χ0v) is 23.7.